The molecule has 3 heteroatoms. The monoisotopic (exact) mass is 288 g/mol. The number of fused-ring (bicyclic) bond motifs is 1. The maximum Gasteiger partial charge on any atom is 0.136 e. The van der Waals surface area contributed by atoms with Crippen molar-refractivity contribution in [1.82, 2.24) is 4.98 Å². The normalized spacial score (nSPS) is 22.6. The maximum absolute atomic E-state index is 6.05. The molecule has 1 aromatic heterocycles. The highest BCUT2D eigenvalue weighted by molar-refractivity contribution is 6.18. The second kappa shape index (κ2) is 5.61. The Bertz CT molecular complexity index is 611. The van der Waals surface area contributed by atoms with Gasteiger partial charge in [0.25, 0.3) is 0 Å². The molecule has 1 saturated heterocycles. The van der Waals surface area contributed by atoms with Crippen LogP contribution in [0.3, 0.4) is 0 Å². The first-order chi connectivity index (χ1) is 9.76. The van der Waals surface area contributed by atoms with E-state index in [1.165, 1.54) is 30.0 Å². The largest absolute Gasteiger partial charge is 0.350 e. The summed E-state index contributed by atoms with van der Waals surface area (Å²) in [7, 11) is 0. The van der Waals surface area contributed by atoms with Crippen molar-refractivity contribution in [3.8, 4) is 0 Å². The highest BCUT2D eigenvalue weighted by Gasteiger charge is 2.31. The summed E-state index contributed by atoms with van der Waals surface area (Å²) in [5.74, 6) is 1.65. The van der Waals surface area contributed by atoms with Gasteiger partial charge >= 0.3 is 0 Å². The summed E-state index contributed by atoms with van der Waals surface area (Å²) >= 11 is 6.05. The van der Waals surface area contributed by atoms with Crippen molar-refractivity contribution in [3.05, 3.63) is 36.0 Å². The summed E-state index contributed by atoms with van der Waals surface area (Å²) < 4.78 is 0. The van der Waals surface area contributed by atoms with Gasteiger partial charge in [0.15, 0.2) is 0 Å². The van der Waals surface area contributed by atoms with Gasteiger partial charge in [-0.2, -0.15) is 0 Å². The number of halogens is 1. The molecule has 0 bridgehead atoms. The number of pyridine rings is 1. The smallest absolute Gasteiger partial charge is 0.136 e. The average molecular weight is 289 g/mol. The molecule has 1 fully saturated rings. The van der Waals surface area contributed by atoms with Crippen molar-refractivity contribution < 1.29 is 0 Å². The predicted molar refractivity (Wildman–Crippen MR) is 86.6 cm³/mol. The molecule has 2 atom stereocenters. The molecule has 0 saturated carbocycles. The Morgan fingerprint density at radius 3 is 2.70 bits per heavy atom. The lowest BCUT2D eigenvalue weighted by Crippen LogP contribution is -2.35. The zero-order chi connectivity index (χ0) is 14.1. The highest BCUT2D eigenvalue weighted by atomic mass is 35.5. The lowest BCUT2D eigenvalue weighted by atomic mass is 10.1. The minimum absolute atomic E-state index is 0.514. The number of rotatable bonds is 3. The average Bonchev–Trinajstić information content (AvgIpc) is 2.87. The summed E-state index contributed by atoms with van der Waals surface area (Å²) in [5, 5.41) is 2.47. The molecule has 2 nitrogen and oxygen atoms in total. The van der Waals surface area contributed by atoms with Gasteiger partial charge < -0.3 is 4.90 Å². The molecule has 0 spiro atoms. The van der Waals surface area contributed by atoms with Crippen LogP contribution >= 0.6 is 11.6 Å². The number of nitrogens with zero attached hydrogens (tertiary/aromatic N) is 2. The van der Waals surface area contributed by atoms with Crippen molar-refractivity contribution in [3.63, 3.8) is 0 Å². The second-order valence-electron chi connectivity index (χ2n) is 5.68. The van der Waals surface area contributed by atoms with Crippen LogP contribution in [0.15, 0.2) is 30.5 Å². The van der Waals surface area contributed by atoms with Gasteiger partial charge in [-0.15, -0.1) is 11.6 Å². The van der Waals surface area contributed by atoms with Crippen LogP contribution < -0.4 is 4.90 Å². The van der Waals surface area contributed by atoms with E-state index < -0.39 is 0 Å². The SMILES string of the molecule is CCC1CCC(C)N1c1ncc(CCl)c2ccccc12. The Morgan fingerprint density at radius 1 is 1.25 bits per heavy atom. The van der Waals surface area contributed by atoms with Crippen molar-refractivity contribution in [1.29, 1.82) is 0 Å². The van der Waals surface area contributed by atoms with Gasteiger partial charge in [0.2, 0.25) is 0 Å². The molecule has 106 valence electrons. The van der Waals surface area contributed by atoms with E-state index in [-0.39, 0.29) is 0 Å². The summed E-state index contributed by atoms with van der Waals surface area (Å²) in [6, 6.07) is 9.67. The molecular formula is C17H21ClN2. The van der Waals surface area contributed by atoms with Crippen LogP contribution in [0, 0.1) is 0 Å². The second-order valence-corrected chi connectivity index (χ2v) is 5.95. The van der Waals surface area contributed by atoms with Crippen molar-refractivity contribution in [2.75, 3.05) is 4.90 Å². The Labute approximate surface area is 125 Å². The molecule has 0 radical (unpaired) electrons. The fourth-order valence-corrected chi connectivity index (χ4v) is 3.62. The van der Waals surface area contributed by atoms with Gasteiger partial charge in [-0.3, -0.25) is 0 Å². The number of hydrogen-bond acceptors (Lipinski definition) is 2. The van der Waals surface area contributed by atoms with Gasteiger partial charge in [0.05, 0.1) is 0 Å². The molecular weight excluding hydrogens is 268 g/mol. The number of hydrogen-bond donors (Lipinski definition) is 0. The lowest BCUT2D eigenvalue weighted by Gasteiger charge is -2.30. The molecule has 3 rings (SSSR count). The molecule has 2 unspecified atom stereocenters. The van der Waals surface area contributed by atoms with E-state index in [1.807, 2.05) is 6.20 Å². The number of benzene rings is 1. The minimum Gasteiger partial charge on any atom is -0.350 e. The van der Waals surface area contributed by atoms with E-state index >= 15 is 0 Å². The maximum atomic E-state index is 6.05. The summed E-state index contributed by atoms with van der Waals surface area (Å²) in [4.78, 5) is 7.26. The van der Waals surface area contributed by atoms with E-state index in [0.29, 0.717) is 18.0 Å². The first-order valence-electron chi connectivity index (χ1n) is 7.47. The van der Waals surface area contributed by atoms with Crippen LogP contribution in [0.25, 0.3) is 10.8 Å². The van der Waals surface area contributed by atoms with Gasteiger partial charge in [0.1, 0.15) is 5.82 Å². The van der Waals surface area contributed by atoms with E-state index in [9.17, 15) is 0 Å². The van der Waals surface area contributed by atoms with Crippen molar-refractivity contribution >= 4 is 28.2 Å². The number of anilines is 1. The van der Waals surface area contributed by atoms with E-state index in [2.05, 4.69) is 43.0 Å². The van der Waals surface area contributed by atoms with Crippen LogP contribution in [-0.2, 0) is 5.88 Å². The van der Waals surface area contributed by atoms with Crippen LogP contribution in [-0.4, -0.2) is 17.1 Å². The molecule has 0 amide bonds. The van der Waals surface area contributed by atoms with Crippen LogP contribution in [0.2, 0.25) is 0 Å². The van der Waals surface area contributed by atoms with Gasteiger partial charge in [-0.25, -0.2) is 4.98 Å². The van der Waals surface area contributed by atoms with Crippen molar-refractivity contribution in [2.45, 2.75) is 51.1 Å². The van der Waals surface area contributed by atoms with Crippen molar-refractivity contribution in [2.24, 2.45) is 0 Å². The summed E-state index contributed by atoms with van der Waals surface area (Å²) in [5.41, 5.74) is 1.12. The Kier molecular flexibility index (Phi) is 3.84. The third-order valence-electron chi connectivity index (χ3n) is 4.50. The van der Waals surface area contributed by atoms with Gasteiger partial charge in [-0.1, -0.05) is 31.2 Å². The fraction of sp³-hybridized carbons (Fsp3) is 0.471. The standard InChI is InChI=1S/C17H21ClN2/c1-3-14-9-8-12(2)20(14)17-16-7-5-4-6-15(16)13(10-18)11-19-17/h4-7,11-12,14H,3,8-10H2,1-2H3. The summed E-state index contributed by atoms with van der Waals surface area (Å²) in [6.07, 6.45) is 5.65. The molecule has 20 heavy (non-hydrogen) atoms. The number of alkyl halides is 1. The first kappa shape index (κ1) is 13.7. The van der Waals surface area contributed by atoms with E-state index in [4.69, 9.17) is 16.6 Å². The molecule has 2 heterocycles. The quantitative estimate of drug-likeness (QED) is 0.758. The lowest BCUT2D eigenvalue weighted by molar-refractivity contribution is 0.623. The molecule has 1 aliphatic rings. The first-order valence-corrected chi connectivity index (χ1v) is 8.00. The Hall–Kier alpha value is -1.28. The van der Waals surface area contributed by atoms with Gasteiger partial charge in [0, 0.05) is 29.5 Å². The van der Waals surface area contributed by atoms with Gasteiger partial charge in [-0.05, 0) is 37.1 Å². The minimum atomic E-state index is 0.514. The topological polar surface area (TPSA) is 16.1 Å². The van der Waals surface area contributed by atoms with Crippen LogP contribution in [0.4, 0.5) is 5.82 Å². The fourth-order valence-electron chi connectivity index (χ4n) is 3.40. The zero-order valence-electron chi connectivity index (χ0n) is 12.1. The number of aromatic nitrogens is 1. The van der Waals surface area contributed by atoms with E-state index in [0.717, 1.165) is 11.4 Å². The summed E-state index contributed by atoms with van der Waals surface area (Å²) in [6.45, 7) is 4.58. The third kappa shape index (κ3) is 2.16. The third-order valence-corrected chi connectivity index (χ3v) is 4.79. The van der Waals surface area contributed by atoms with Crippen LogP contribution in [0.1, 0.15) is 38.7 Å². The predicted octanol–water partition coefficient (Wildman–Crippen LogP) is 4.74. The molecule has 0 aliphatic carbocycles. The molecule has 2 aromatic rings. The van der Waals surface area contributed by atoms with Crippen LogP contribution in [0.5, 0.6) is 0 Å². The zero-order valence-corrected chi connectivity index (χ0v) is 12.9. The Morgan fingerprint density at radius 2 is 2.00 bits per heavy atom. The molecule has 1 aliphatic heterocycles. The Balaban J connectivity index is 2.17. The molecule has 1 aromatic carbocycles. The highest BCUT2D eigenvalue weighted by Crippen LogP contribution is 2.36. The molecule has 0 N–H and O–H groups in total. The van der Waals surface area contributed by atoms with E-state index in [1.54, 1.807) is 0 Å².